The number of carbonyl (C=O) groups excluding carboxylic acids is 1. The Morgan fingerprint density at radius 2 is 1.91 bits per heavy atom. The van der Waals surface area contributed by atoms with Gasteiger partial charge in [-0.2, -0.15) is 9.97 Å². The summed E-state index contributed by atoms with van der Waals surface area (Å²) >= 11 is 0. The minimum Gasteiger partial charge on any atom is -0.468 e. The number of fused-ring (bicyclic) bond motifs is 7. The molecule has 7 heterocycles. The molecule has 0 radical (unpaired) electrons. The zero-order valence-electron chi connectivity index (χ0n) is 30.5. The summed E-state index contributed by atoms with van der Waals surface area (Å²) in [7, 11) is 1.49. The summed E-state index contributed by atoms with van der Waals surface area (Å²) < 4.78 is 70.2. The molecule has 4 atom stereocenters. The number of benzene rings is 2. The van der Waals surface area contributed by atoms with Crippen LogP contribution in [0.2, 0.25) is 0 Å². The number of anilines is 1. The van der Waals surface area contributed by atoms with Crippen LogP contribution in [0.5, 0.6) is 11.8 Å². The Bertz CT molecular complexity index is 2050. The zero-order valence-corrected chi connectivity index (χ0v) is 30.5. The first-order valence-electron chi connectivity index (χ1n) is 18.4. The Labute approximate surface area is 306 Å². The molecule has 5 aliphatic rings. The van der Waals surface area contributed by atoms with Crippen molar-refractivity contribution in [2.24, 2.45) is 5.92 Å². The van der Waals surface area contributed by atoms with Gasteiger partial charge in [-0.15, -0.1) is 0 Å². The van der Waals surface area contributed by atoms with Gasteiger partial charge in [0.1, 0.15) is 47.0 Å². The average Bonchev–Trinajstić information content (AvgIpc) is 3.47. The topological polar surface area (TPSA) is 102 Å². The monoisotopic (exact) mass is 734 g/mol. The van der Waals surface area contributed by atoms with E-state index in [9.17, 15) is 9.18 Å². The number of methoxy groups -OCH3 is 1. The molecule has 5 aliphatic heterocycles. The Hall–Kier alpha value is -4.43. The summed E-state index contributed by atoms with van der Waals surface area (Å²) in [5, 5.41) is 1.04. The number of hydrogen-bond donors (Lipinski definition) is 0. The van der Waals surface area contributed by atoms with E-state index < -0.39 is 28.9 Å². The lowest BCUT2D eigenvalue weighted by Gasteiger charge is -2.37. The number of piperidine rings is 1. The van der Waals surface area contributed by atoms with E-state index in [2.05, 4.69) is 19.8 Å². The summed E-state index contributed by atoms with van der Waals surface area (Å²) in [6.45, 7) is 8.31. The fourth-order valence-electron chi connectivity index (χ4n) is 8.71. The van der Waals surface area contributed by atoms with E-state index in [-0.39, 0.29) is 59.6 Å². The average molecular weight is 735 g/mol. The molecule has 14 heteroatoms. The normalized spacial score (nSPS) is 24.5. The molecule has 2 unspecified atom stereocenters. The van der Waals surface area contributed by atoms with Crippen molar-refractivity contribution in [1.82, 2.24) is 24.8 Å². The molecule has 11 nitrogen and oxygen atoms in total. The van der Waals surface area contributed by atoms with Crippen LogP contribution in [0.3, 0.4) is 0 Å². The highest BCUT2D eigenvalue weighted by Gasteiger charge is 2.49. The number of nitrogens with zero attached hydrogens (tertiary/aromatic N) is 6. The number of pyridine rings is 1. The predicted octanol–water partition coefficient (Wildman–Crippen LogP) is 6.90. The Morgan fingerprint density at radius 3 is 2.72 bits per heavy atom. The number of rotatable bonds is 8. The minimum absolute atomic E-state index is 0.0408. The third-order valence-corrected chi connectivity index (χ3v) is 11.0. The van der Waals surface area contributed by atoms with Gasteiger partial charge in [0.15, 0.2) is 12.6 Å². The van der Waals surface area contributed by atoms with Crippen molar-refractivity contribution in [3.63, 3.8) is 0 Å². The highest BCUT2D eigenvalue weighted by Crippen LogP contribution is 2.42. The molecule has 0 saturated carbocycles. The van der Waals surface area contributed by atoms with Crippen LogP contribution in [-0.2, 0) is 9.47 Å². The van der Waals surface area contributed by atoms with Gasteiger partial charge in [-0.25, -0.2) is 18.0 Å². The van der Waals surface area contributed by atoms with E-state index in [1.165, 1.54) is 19.4 Å². The van der Waals surface area contributed by atoms with E-state index >= 15 is 8.78 Å². The smallest absolute Gasteiger partial charge is 0.410 e. The van der Waals surface area contributed by atoms with Gasteiger partial charge in [0.25, 0.3) is 0 Å². The fourth-order valence-corrected chi connectivity index (χ4v) is 8.71. The van der Waals surface area contributed by atoms with Crippen LogP contribution >= 0.6 is 0 Å². The van der Waals surface area contributed by atoms with E-state index in [4.69, 9.17) is 23.9 Å². The molecule has 5 saturated heterocycles. The molecule has 2 aromatic carbocycles. The Morgan fingerprint density at radius 1 is 1.06 bits per heavy atom. The standard InChI is InChI=1S/C39H45F3N6O5/c1-38(2,3)53-37(49)48-18-23-9-10-26(48)20-46(17-23)35-29-16-43-33(28-14-27(52-22-50-4)13-24-7-5-8-30(41)31(24)28)32(42)34(29)44-36(45-35)51-21-39-11-6-12-47(39)19-25(40)15-39/h5,7-8,13-14,16,23,25-26H,6,9-12,15,17-22H2,1-4H3/t23?,25-,26?,39+/m1/s1. The fraction of sp³-hybridized carbons (Fsp3) is 0.538. The maximum Gasteiger partial charge on any atom is 0.410 e. The van der Waals surface area contributed by atoms with Gasteiger partial charge in [-0.3, -0.25) is 9.88 Å². The minimum atomic E-state index is -0.947. The molecule has 4 aromatic rings. The quantitative estimate of drug-likeness (QED) is 0.178. The lowest BCUT2D eigenvalue weighted by molar-refractivity contribution is 0.00808. The molecule has 1 amide bonds. The molecule has 9 rings (SSSR count). The number of halogens is 3. The number of aromatic nitrogens is 3. The van der Waals surface area contributed by atoms with Crippen LogP contribution in [0.25, 0.3) is 32.9 Å². The van der Waals surface area contributed by atoms with Crippen molar-refractivity contribution < 1.29 is 36.9 Å². The first-order valence-corrected chi connectivity index (χ1v) is 18.4. The first-order chi connectivity index (χ1) is 25.4. The third-order valence-electron chi connectivity index (χ3n) is 11.0. The van der Waals surface area contributed by atoms with Crippen LogP contribution in [0, 0.1) is 17.6 Å². The Balaban J connectivity index is 1.23. The molecule has 0 N–H and O–H groups in total. The zero-order chi connectivity index (χ0) is 37.1. The van der Waals surface area contributed by atoms with E-state index in [0.717, 1.165) is 32.2 Å². The van der Waals surface area contributed by atoms with Gasteiger partial charge in [0.05, 0.1) is 17.0 Å². The van der Waals surface area contributed by atoms with E-state index in [1.54, 1.807) is 29.2 Å². The molecule has 53 heavy (non-hydrogen) atoms. The van der Waals surface area contributed by atoms with Crippen molar-refractivity contribution in [2.45, 2.75) is 76.2 Å². The maximum atomic E-state index is 17.2. The Kier molecular flexibility index (Phi) is 9.24. The van der Waals surface area contributed by atoms with Crippen molar-refractivity contribution in [3.8, 4) is 23.0 Å². The van der Waals surface area contributed by atoms with Gasteiger partial charge >= 0.3 is 12.1 Å². The number of ether oxygens (including phenoxy) is 4. The highest BCUT2D eigenvalue weighted by molar-refractivity contribution is 6.00. The van der Waals surface area contributed by atoms with Crippen molar-refractivity contribution >= 4 is 33.6 Å². The number of hydrogen-bond acceptors (Lipinski definition) is 10. The third kappa shape index (κ3) is 6.80. The van der Waals surface area contributed by atoms with Crippen molar-refractivity contribution in [2.75, 3.05) is 58.1 Å². The molecule has 2 bridgehead atoms. The van der Waals surface area contributed by atoms with Crippen LogP contribution in [0.1, 0.15) is 52.9 Å². The summed E-state index contributed by atoms with van der Waals surface area (Å²) in [6, 6.07) is 7.62. The molecule has 0 aliphatic carbocycles. The SMILES string of the molecule is COCOc1cc(-c2ncc3c(N4CC5CCC(C4)N(C(=O)OC(C)(C)C)C5)nc(OC[C@@]45CCCN4C[C@H](F)C5)nc3c2F)c2c(F)cccc2c1. The second-order valence-electron chi connectivity index (χ2n) is 15.9. The first kappa shape index (κ1) is 35.6. The van der Waals surface area contributed by atoms with E-state index in [1.807, 2.05) is 20.8 Å². The predicted molar refractivity (Wildman–Crippen MR) is 193 cm³/mol. The highest BCUT2D eigenvalue weighted by atomic mass is 19.1. The molecule has 5 fully saturated rings. The number of carbonyl (C=O) groups is 1. The van der Waals surface area contributed by atoms with Crippen LogP contribution < -0.4 is 14.4 Å². The number of alkyl halides is 1. The second-order valence-corrected chi connectivity index (χ2v) is 15.9. The summed E-state index contributed by atoms with van der Waals surface area (Å²) in [5.74, 6) is -0.422. The van der Waals surface area contributed by atoms with Crippen molar-refractivity contribution in [1.29, 1.82) is 0 Å². The lowest BCUT2D eigenvalue weighted by Crippen LogP contribution is -2.49. The molecule has 0 spiro atoms. The van der Waals surface area contributed by atoms with Crippen molar-refractivity contribution in [3.05, 3.63) is 48.2 Å². The lowest BCUT2D eigenvalue weighted by atomic mass is 9.95. The van der Waals surface area contributed by atoms with Gasteiger partial charge in [-0.05, 0) is 82.5 Å². The van der Waals surface area contributed by atoms with Crippen LogP contribution in [0.15, 0.2) is 36.5 Å². The van der Waals surface area contributed by atoms with E-state index in [0.29, 0.717) is 54.9 Å². The van der Waals surface area contributed by atoms with Crippen LogP contribution in [0.4, 0.5) is 23.8 Å². The summed E-state index contributed by atoms with van der Waals surface area (Å²) in [6.07, 6.45) is 3.98. The summed E-state index contributed by atoms with van der Waals surface area (Å²) in [5.41, 5.74) is -1.09. The molecule has 2 aromatic heterocycles. The molecular formula is C39H45F3N6O5. The maximum absolute atomic E-state index is 17.2. The summed E-state index contributed by atoms with van der Waals surface area (Å²) in [4.78, 5) is 33.4. The second kappa shape index (κ2) is 13.8. The molecule has 282 valence electrons. The van der Waals surface area contributed by atoms with Crippen LogP contribution in [-0.4, -0.2) is 107 Å². The largest absolute Gasteiger partial charge is 0.468 e. The van der Waals surface area contributed by atoms with Gasteiger partial charge < -0.3 is 28.7 Å². The van der Waals surface area contributed by atoms with Gasteiger partial charge in [0.2, 0.25) is 0 Å². The number of amides is 1. The molecular weight excluding hydrogens is 689 g/mol. The van der Waals surface area contributed by atoms with Gasteiger partial charge in [0, 0.05) is 56.9 Å². The van der Waals surface area contributed by atoms with Gasteiger partial charge in [-0.1, -0.05) is 12.1 Å².